The van der Waals surface area contributed by atoms with Gasteiger partial charge in [-0.3, -0.25) is 4.79 Å². The Balaban J connectivity index is 0.000000735. The van der Waals surface area contributed by atoms with Crippen LogP contribution >= 0.6 is 23.2 Å². The number of benzene rings is 2. The van der Waals surface area contributed by atoms with Crippen LogP contribution in [0.2, 0.25) is 10.0 Å². The summed E-state index contributed by atoms with van der Waals surface area (Å²) in [6.45, 7) is 3.13. The van der Waals surface area contributed by atoms with E-state index in [-0.39, 0.29) is 0 Å². The van der Waals surface area contributed by atoms with E-state index in [9.17, 15) is 0 Å². The fourth-order valence-corrected chi connectivity index (χ4v) is 3.14. The van der Waals surface area contributed by atoms with Crippen molar-refractivity contribution in [2.45, 2.75) is 39.5 Å². The Hall–Kier alpha value is -2.63. The van der Waals surface area contributed by atoms with Crippen LogP contribution in [0.4, 0.5) is 0 Å². The van der Waals surface area contributed by atoms with Gasteiger partial charge in [0.1, 0.15) is 17.8 Å². The molecule has 5 nitrogen and oxygen atoms in total. The normalized spacial score (nSPS) is 10.1. The largest absolute Gasteiger partial charge is 0.481 e. The maximum Gasteiger partial charge on any atom is 0.300 e. The number of halogens is 2. The lowest BCUT2D eigenvalue weighted by Gasteiger charge is -2.08. The smallest absolute Gasteiger partial charge is 0.300 e. The summed E-state index contributed by atoms with van der Waals surface area (Å²) in [7, 11) is 0. The average molecular weight is 447 g/mol. The van der Waals surface area contributed by atoms with Crippen LogP contribution in [0.25, 0.3) is 0 Å². The molecule has 3 aromatic rings. The number of carboxylic acids is 1. The number of ether oxygens (including phenoxy) is 1. The Morgan fingerprint density at radius 3 is 2.03 bits per heavy atom. The summed E-state index contributed by atoms with van der Waals surface area (Å²) >= 11 is 12.2. The number of hydrogen-bond acceptors (Lipinski definition) is 4. The third-order valence-electron chi connectivity index (χ3n) is 4.12. The van der Waals surface area contributed by atoms with Crippen molar-refractivity contribution in [1.82, 2.24) is 9.97 Å². The molecular weight excluding hydrogens is 423 g/mol. The van der Waals surface area contributed by atoms with E-state index in [1.165, 1.54) is 5.56 Å². The number of carbonyl (C=O) groups is 1. The molecule has 0 radical (unpaired) electrons. The van der Waals surface area contributed by atoms with Gasteiger partial charge in [0, 0.05) is 11.9 Å². The molecule has 0 bridgehead atoms. The van der Waals surface area contributed by atoms with E-state index in [1.807, 2.05) is 43.3 Å². The highest BCUT2D eigenvalue weighted by Gasteiger charge is 2.07. The van der Waals surface area contributed by atoms with Gasteiger partial charge in [-0.1, -0.05) is 42.3 Å². The molecule has 2 aromatic carbocycles. The van der Waals surface area contributed by atoms with E-state index in [0.29, 0.717) is 10.0 Å². The van der Waals surface area contributed by atoms with E-state index < -0.39 is 5.97 Å². The number of rotatable bonds is 7. The number of aliphatic carboxylic acids is 1. The molecule has 0 amide bonds. The Kier molecular flexibility index (Phi) is 9.58. The van der Waals surface area contributed by atoms with Crippen molar-refractivity contribution in [1.29, 1.82) is 0 Å². The molecule has 0 fully saturated rings. The van der Waals surface area contributed by atoms with Gasteiger partial charge in [-0.05, 0) is 67.6 Å². The van der Waals surface area contributed by atoms with Gasteiger partial charge in [-0.25, -0.2) is 9.97 Å². The molecule has 0 saturated heterocycles. The Bertz CT molecular complexity index is 942. The van der Waals surface area contributed by atoms with Gasteiger partial charge < -0.3 is 9.84 Å². The van der Waals surface area contributed by atoms with Crippen molar-refractivity contribution in [2.24, 2.45) is 0 Å². The van der Waals surface area contributed by atoms with Crippen LogP contribution in [0.1, 0.15) is 37.2 Å². The molecule has 0 atom stereocenters. The molecular formula is C23H24Cl2N2O3. The molecule has 0 unspecified atom stereocenters. The maximum absolute atomic E-state index is 9.00. The van der Waals surface area contributed by atoms with Crippen LogP contribution < -0.4 is 4.74 Å². The second kappa shape index (κ2) is 12.2. The molecule has 0 saturated carbocycles. The number of hydrogen-bond donors (Lipinski definition) is 1. The van der Waals surface area contributed by atoms with Crippen molar-refractivity contribution < 1.29 is 14.6 Å². The molecule has 1 aromatic heterocycles. The summed E-state index contributed by atoms with van der Waals surface area (Å²) in [5, 5.41) is 8.82. The first-order chi connectivity index (χ1) is 14.4. The SMILES string of the molecule is CC(=O)O.CCc1ncnc(CCCc2ccc(Oc3ccc(Cl)cc3)cc2)c1Cl. The van der Waals surface area contributed by atoms with Crippen molar-refractivity contribution >= 4 is 29.2 Å². The monoisotopic (exact) mass is 446 g/mol. The van der Waals surface area contributed by atoms with Crippen LogP contribution in [0.15, 0.2) is 54.9 Å². The standard InChI is InChI=1S/C21H20Cl2N2O.C2H4O2/c1-2-19-21(23)20(25-14-24-19)5-3-4-15-6-10-17(11-7-15)26-18-12-8-16(22)9-13-18;1-2(3)4/h6-14H,2-5H2,1H3;1H3,(H,3,4). The van der Waals surface area contributed by atoms with Crippen molar-refractivity contribution in [3.05, 3.63) is 81.9 Å². The lowest BCUT2D eigenvalue weighted by atomic mass is 10.1. The van der Waals surface area contributed by atoms with E-state index in [1.54, 1.807) is 6.33 Å². The fourth-order valence-electron chi connectivity index (χ4n) is 2.69. The highest BCUT2D eigenvalue weighted by Crippen LogP contribution is 2.24. The van der Waals surface area contributed by atoms with Crippen LogP contribution in [-0.2, 0) is 24.1 Å². The number of aryl methyl sites for hydroxylation is 3. The summed E-state index contributed by atoms with van der Waals surface area (Å²) in [4.78, 5) is 17.5. The molecule has 1 N–H and O–H groups in total. The quantitative estimate of drug-likeness (QED) is 0.454. The van der Waals surface area contributed by atoms with Gasteiger partial charge in [0.15, 0.2) is 0 Å². The molecule has 0 aliphatic carbocycles. The highest BCUT2D eigenvalue weighted by molar-refractivity contribution is 6.31. The highest BCUT2D eigenvalue weighted by atomic mass is 35.5. The summed E-state index contributed by atoms with van der Waals surface area (Å²) < 4.78 is 5.81. The van der Waals surface area contributed by atoms with Crippen molar-refractivity contribution in [2.75, 3.05) is 0 Å². The zero-order valence-electron chi connectivity index (χ0n) is 16.9. The van der Waals surface area contributed by atoms with Crippen LogP contribution in [0, 0.1) is 0 Å². The molecule has 0 aliphatic heterocycles. The molecule has 7 heteroatoms. The average Bonchev–Trinajstić information content (AvgIpc) is 2.72. The molecule has 0 spiro atoms. The van der Waals surface area contributed by atoms with Gasteiger partial charge >= 0.3 is 0 Å². The molecule has 158 valence electrons. The molecule has 1 heterocycles. The number of carboxylic acid groups (broad SMARTS) is 1. The summed E-state index contributed by atoms with van der Waals surface area (Å²) in [5.41, 5.74) is 3.11. The Labute approximate surface area is 186 Å². The lowest BCUT2D eigenvalue weighted by molar-refractivity contribution is -0.134. The maximum atomic E-state index is 9.00. The van der Waals surface area contributed by atoms with Gasteiger partial charge in [-0.2, -0.15) is 0 Å². The minimum absolute atomic E-state index is 0.697. The van der Waals surface area contributed by atoms with E-state index >= 15 is 0 Å². The van der Waals surface area contributed by atoms with E-state index in [0.717, 1.165) is 55.5 Å². The Morgan fingerprint density at radius 1 is 0.933 bits per heavy atom. The van der Waals surface area contributed by atoms with E-state index in [2.05, 4.69) is 22.1 Å². The van der Waals surface area contributed by atoms with E-state index in [4.69, 9.17) is 37.8 Å². The third kappa shape index (κ3) is 8.01. The number of aromatic nitrogens is 2. The topological polar surface area (TPSA) is 72.3 Å². The zero-order valence-corrected chi connectivity index (χ0v) is 18.5. The van der Waals surface area contributed by atoms with Crippen LogP contribution in [-0.4, -0.2) is 21.0 Å². The molecule has 30 heavy (non-hydrogen) atoms. The first kappa shape index (κ1) is 23.6. The first-order valence-corrected chi connectivity index (χ1v) is 10.3. The van der Waals surface area contributed by atoms with Crippen LogP contribution in [0.3, 0.4) is 0 Å². The third-order valence-corrected chi connectivity index (χ3v) is 4.81. The summed E-state index contributed by atoms with van der Waals surface area (Å²) in [5.74, 6) is 0.745. The summed E-state index contributed by atoms with van der Waals surface area (Å²) in [6.07, 6.45) is 5.21. The minimum Gasteiger partial charge on any atom is -0.481 e. The van der Waals surface area contributed by atoms with Gasteiger partial charge in [0.05, 0.1) is 16.4 Å². The second-order valence-corrected chi connectivity index (χ2v) is 7.32. The van der Waals surface area contributed by atoms with Crippen molar-refractivity contribution in [3.8, 4) is 11.5 Å². The van der Waals surface area contributed by atoms with Gasteiger partial charge in [0.2, 0.25) is 0 Å². The number of nitrogens with zero attached hydrogens (tertiary/aromatic N) is 2. The van der Waals surface area contributed by atoms with Crippen LogP contribution in [0.5, 0.6) is 11.5 Å². The van der Waals surface area contributed by atoms with Gasteiger partial charge in [0.25, 0.3) is 5.97 Å². The summed E-state index contributed by atoms with van der Waals surface area (Å²) in [6, 6.07) is 15.5. The molecule has 3 rings (SSSR count). The molecule has 0 aliphatic rings. The predicted molar refractivity (Wildman–Crippen MR) is 120 cm³/mol. The zero-order chi connectivity index (χ0) is 21.9. The van der Waals surface area contributed by atoms with Crippen molar-refractivity contribution in [3.63, 3.8) is 0 Å². The predicted octanol–water partition coefficient (Wildman–Crippen LogP) is 6.40. The first-order valence-electron chi connectivity index (χ1n) is 9.59. The second-order valence-electron chi connectivity index (χ2n) is 6.51. The minimum atomic E-state index is -0.833. The Morgan fingerprint density at radius 2 is 1.47 bits per heavy atom. The lowest BCUT2D eigenvalue weighted by Crippen LogP contribution is -1.99. The fraction of sp³-hybridized carbons (Fsp3) is 0.261. The van der Waals surface area contributed by atoms with Gasteiger partial charge in [-0.15, -0.1) is 0 Å².